The Morgan fingerprint density at radius 2 is 1.08 bits per heavy atom. The van der Waals surface area contributed by atoms with Gasteiger partial charge in [0.05, 0.1) is 30.5 Å². The molecule has 2 saturated carbocycles. The highest BCUT2D eigenvalue weighted by Crippen LogP contribution is 2.63. The molecule has 316 valence electrons. The number of hydrogen-bond acceptors (Lipinski definition) is 6. The molecule has 0 amide bonds. The zero-order chi connectivity index (χ0) is 41.6. The van der Waals surface area contributed by atoms with Crippen LogP contribution in [0.15, 0.2) is 121 Å². The third-order valence-electron chi connectivity index (χ3n) is 14.6. The number of benzene rings is 4. The van der Waals surface area contributed by atoms with Gasteiger partial charge in [0.25, 0.3) is 16.6 Å². The van der Waals surface area contributed by atoms with E-state index in [-0.39, 0.29) is 52.3 Å². The van der Waals surface area contributed by atoms with Crippen LogP contribution in [0.1, 0.15) is 93.4 Å². The highest BCUT2D eigenvalue weighted by atomic mass is 28.4. The van der Waals surface area contributed by atoms with Gasteiger partial charge in [-0.3, -0.25) is 0 Å². The number of aliphatic hydroxyl groups excluding tert-OH is 1. The fourth-order valence-electron chi connectivity index (χ4n) is 12.0. The van der Waals surface area contributed by atoms with Crippen LogP contribution in [0.25, 0.3) is 0 Å². The van der Waals surface area contributed by atoms with Crippen molar-refractivity contribution < 1.29 is 28.2 Å². The van der Waals surface area contributed by atoms with Crippen LogP contribution in [0.5, 0.6) is 0 Å². The molecule has 0 radical (unpaired) electrons. The van der Waals surface area contributed by atoms with Gasteiger partial charge in [0, 0.05) is 25.9 Å². The summed E-state index contributed by atoms with van der Waals surface area (Å²) in [6.07, 6.45) is 5.05. The molecule has 8 heteroatoms. The topological polar surface area (TPSA) is 69.7 Å². The zero-order valence-electron chi connectivity index (χ0n) is 36.7. The lowest BCUT2D eigenvalue weighted by molar-refractivity contribution is -0.204. The summed E-state index contributed by atoms with van der Waals surface area (Å²) in [4.78, 5) is 0. The highest BCUT2D eigenvalue weighted by molar-refractivity contribution is 7.00. The van der Waals surface area contributed by atoms with Crippen LogP contribution in [0.2, 0.25) is 10.1 Å². The molecular weight excluding hydrogens is 765 g/mol. The van der Waals surface area contributed by atoms with E-state index in [9.17, 15) is 5.11 Å². The maximum Gasteiger partial charge on any atom is 0.261 e. The average molecular weight is 833 g/mol. The van der Waals surface area contributed by atoms with Crippen LogP contribution in [-0.2, 0) is 23.1 Å². The van der Waals surface area contributed by atoms with E-state index in [0.29, 0.717) is 24.7 Å². The lowest BCUT2D eigenvalue weighted by Gasteiger charge is -2.51. The van der Waals surface area contributed by atoms with E-state index in [1.165, 1.54) is 20.7 Å². The summed E-state index contributed by atoms with van der Waals surface area (Å²) >= 11 is 0. The van der Waals surface area contributed by atoms with Gasteiger partial charge in [-0.2, -0.15) is 0 Å². The first kappa shape index (κ1) is 42.8. The van der Waals surface area contributed by atoms with Crippen LogP contribution >= 0.6 is 0 Å². The van der Waals surface area contributed by atoms with Gasteiger partial charge < -0.3 is 28.2 Å². The van der Waals surface area contributed by atoms with E-state index in [4.69, 9.17) is 23.1 Å². The van der Waals surface area contributed by atoms with E-state index in [1.54, 1.807) is 7.11 Å². The molecule has 4 aromatic rings. The Morgan fingerprint density at radius 1 is 0.627 bits per heavy atom. The number of epoxide rings is 1. The van der Waals surface area contributed by atoms with E-state index in [0.717, 1.165) is 32.1 Å². The van der Waals surface area contributed by atoms with E-state index in [2.05, 4.69) is 170 Å². The van der Waals surface area contributed by atoms with E-state index >= 15 is 0 Å². The fourth-order valence-corrected chi connectivity index (χ4v) is 21.4. The van der Waals surface area contributed by atoms with Crippen LogP contribution in [-0.4, -0.2) is 71.3 Å². The van der Waals surface area contributed by atoms with Gasteiger partial charge in [0.1, 0.15) is 5.60 Å². The van der Waals surface area contributed by atoms with Crippen molar-refractivity contribution in [3.8, 4) is 0 Å². The summed E-state index contributed by atoms with van der Waals surface area (Å²) in [5.74, 6) is 0.830. The van der Waals surface area contributed by atoms with E-state index < -0.39 is 22.7 Å². The molecule has 2 heterocycles. The molecule has 4 fully saturated rings. The number of rotatable bonds is 12. The quantitative estimate of drug-likeness (QED) is 0.114. The number of methoxy groups -OCH3 is 1. The molecule has 2 saturated heterocycles. The Balaban J connectivity index is 1.02. The zero-order valence-corrected chi connectivity index (χ0v) is 38.7. The fraction of sp³-hybridized carbons (Fsp3) is 0.529. The first-order valence-corrected chi connectivity index (χ1v) is 26.2. The standard InChI is InChI=1S/C51H68O6Si2/c1-36-31-46-51(55-46)35-39(57-59(50(5,6)7,42-25-17-11-18-26-42)43-27-19-12-20-28-43)33-45(52)48(51)44(36)30-29-37-32-38(34-47(53-8)54-37)56-58(49(2,3)4,40-21-13-9-14-22-40)41-23-15-10-16-24-41/h9-28,36-39,44-48,52H,29-35H2,1-8H3/t36-,37+,38+,39-,44-,45-,46-,47-,48-,51-/m0/s1. The van der Waals surface area contributed by atoms with Gasteiger partial charge in [-0.05, 0) is 74.8 Å². The lowest BCUT2D eigenvalue weighted by Crippen LogP contribution is -2.68. The SMILES string of the molecule is CO[C@@H]1C[C@H](O[Si](c2ccccc2)(c2ccccc2)C(C)(C)C)C[C@@H](CC[C@@H]2[C@H]3[C@@H](O)C[C@H](O[Si](c4ccccc4)(c4ccccc4)C(C)(C)C)C[C@@]34O[C@H]4C[C@@H]2C)O1. The van der Waals surface area contributed by atoms with Gasteiger partial charge in [-0.15, -0.1) is 0 Å². The normalized spacial score (nSPS) is 31.2. The minimum absolute atomic E-state index is 0.00938. The third-order valence-corrected chi connectivity index (χ3v) is 24.8. The Morgan fingerprint density at radius 3 is 1.53 bits per heavy atom. The molecular formula is C51H68O6Si2. The first-order chi connectivity index (χ1) is 28.2. The molecule has 6 nitrogen and oxygen atoms in total. The van der Waals surface area contributed by atoms with Gasteiger partial charge in [0.15, 0.2) is 6.29 Å². The summed E-state index contributed by atoms with van der Waals surface area (Å²) in [5.41, 5.74) is -0.345. The van der Waals surface area contributed by atoms with Crippen molar-refractivity contribution in [2.45, 2.75) is 146 Å². The Kier molecular flexibility index (Phi) is 12.1. The summed E-state index contributed by atoms with van der Waals surface area (Å²) in [6.45, 7) is 16.4. The predicted molar refractivity (Wildman–Crippen MR) is 243 cm³/mol. The molecule has 2 aliphatic heterocycles. The van der Waals surface area contributed by atoms with Crippen LogP contribution in [0, 0.1) is 17.8 Å². The number of ether oxygens (including phenoxy) is 3. The van der Waals surface area contributed by atoms with Crippen LogP contribution in [0.4, 0.5) is 0 Å². The molecule has 4 aromatic carbocycles. The average Bonchev–Trinajstić information content (AvgIpc) is 3.92. The van der Waals surface area contributed by atoms with Crippen molar-refractivity contribution >= 4 is 37.4 Å². The summed E-state index contributed by atoms with van der Waals surface area (Å²) in [7, 11) is -3.80. The molecule has 10 atom stereocenters. The second-order valence-corrected chi connectivity index (χ2v) is 28.8. The largest absolute Gasteiger partial charge is 0.404 e. The Bertz CT molecular complexity index is 1890. The number of hydrogen-bond donors (Lipinski definition) is 1. The molecule has 2 aliphatic carbocycles. The first-order valence-electron chi connectivity index (χ1n) is 22.3. The van der Waals surface area contributed by atoms with Gasteiger partial charge >= 0.3 is 0 Å². The smallest absolute Gasteiger partial charge is 0.261 e. The van der Waals surface area contributed by atoms with Crippen molar-refractivity contribution in [1.82, 2.24) is 0 Å². The lowest BCUT2D eigenvalue weighted by atomic mass is 9.59. The van der Waals surface area contributed by atoms with E-state index in [1.807, 2.05) is 0 Å². The molecule has 0 bridgehead atoms. The second-order valence-electron chi connectivity index (χ2n) is 20.2. The van der Waals surface area contributed by atoms with Crippen molar-refractivity contribution in [3.05, 3.63) is 121 Å². The van der Waals surface area contributed by atoms with Crippen molar-refractivity contribution in [2.75, 3.05) is 7.11 Å². The van der Waals surface area contributed by atoms with Crippen LogP contribution < -0.4 is 20.7 Å². The molecule has 1 spiro atoms. The number of aliphatic hydroxyl groups is 1. The molecule has 0 aromatic heterocycles. The molecule has 59 heavy (non-hydrogen) atoms. The Hall–Kier alpha value is -2.93. The van der Waals surface area contributed by atoms with Gasteiger partial charge in [0.2, 0.25) is 0 Å². The second kappa shape index (κ2) is 16.7. The summed E-state index contributed by atoms with van der Waals surface area (Å²) in [6, 6.07) is 43.6. The third kappa shape index (κ3) is 7.91. The van der Waals surface area contributed by atoms with Gasteiger partial charge in [-0.25, -0.2) is 0 Å². The summed E-state index contributed by atoms with van der Waals surface area (Å²) in [5, 5.41) is 17.2. The maximum atomic E-state index is 12.4. The van der Waals surface area contributed by atoms with Crippen LogP contribution in [0.3, 0.4) is 0 Å². The maximum absolute atomic E-state index is 12.4. The predicted octanol–water partition coefficient (Wildman–Crippen LogP) is 8.37. The minimum atomic E-state index is -2.80. The molecule has 1 N–H and O–H groups in total. The molecule has 4 aliphatic rings. The molecule has 8 rings (SSSR count). The monoisotopic (exact) mass is 832 g/mol. The molecule has 0 unspecified atom stereocenters. The highest BCUT2D eigenvalue weighted by Gasteiger charge is 2.71. The Labute approximate surface area is 356 Å². The minimum Gasteiger partial charge on any atom is -0.404 e. The van der Waals surface area contributed by atoms with Crippen molar-refractivity contribution in [1.29, 1.82) is 0 Å². The summed E-state index contributed by atoms with van der Waals surface area (Å²) < 4.78 is 34.8. The van der Waals surface area contributed by atoms with Crippen molar-refractivity contribution in [3.63, 3.8) is 0 Å². The van der Waals surface area contributed by atoms with Crippen molar-refractivity contribution in [2.24, 2.45) is 17.8 Å². The van der Waals surface area contributed by atoms with Gasteiger partial charge in [-0.1, -0.05) is 170 Å².